The third-order valence-corrected chi connectivity index (χ3v) is 4.23. The normalized spacial score (nSPS) is 12.6. The molecule has 158 valence electrons. The van der Waals surface area contributed by atoms with Crippen molar-refractivity contribution in [3.05, 3.63) is 41.3 Å². The lowest BCUT2D eigenvalue weighted by atomic mass is 10.0. The van der Waals surface area contributed by atoms with Crippen LogP contribution in [0.2, 0.25) is 0 Å². The second kappa shape index (κ2) is 9.07. The molecule has 0 spiro atoms. The lowest BCUT2D eigenvalue weighted by Gasteiger charge is -2.26. The third kappa shape index (κ3) is 6.58. The zero-order valence-corrected chi connectivity index (χ0v) is 18.2. The molecule has 1 unspecified atom stereocenters. The molecule has 1 atom stereocenters. The summed E-state index contributed by atoms with van der Waals surface area (Å²) in [5.41, 5.74) is 1.74. The zero-order chi connectivity index (χ0) is 21.8. The van der Waals surface area contributed by atoms with Gasteiger partial charge in [0.05, 0.1) is 17.3 Å². The number of carbonyl (C=O) groups is 2. The van der Waals surface area contributed by atoms with Crippen LogP contribution < -0.4 is 10.6 Å². The summed E-state index contributed by atoms with van der Waals surface area (Å²) in [4.78, 5) is 28.9. The van der Waals surface area contributed by atoms with Gasteiger partial charge in [-0.05, 0) is 58.7 Å². The number of ether oxygens (including phenoxy) is 1. The van der Waals surface area contributed by atoms with Crippen LogP contribution in [0.1, 0.15) is 56.4 Å². The fourth-order valence-electron chi connectivity index (χ4n) is 2.72. The molecule has 2 aromatic heterocycles. The molecule has 0 aromatic carbocycles. The summed E-state index contributed by atoms with van der Waals surface area (Å²) in [5, 5.41) is 10.1. The van der Waals surface area contributed by atoms with E-state index in [1.54, 1.807) is 37.6 Å². The van der Waals surface area contributed by atoms with Crippen LogP contribution in [0, 0.1) is 19.8 Å². The van der Waals surface area contributed by atoms with E-state index in [1.807, 2.05) is 33.8 Å². The Morgan fingerprint density at radius 1 is 1.21 bits per heavy atom. The summed E-state index contributed by atoms with van der Waals surface area (Å²) >= 11 is 0. The minimum Gasteiger partial charge on any atom is -0.444 e. The second-order valence-electron chi connectivity index (χ2n) is 8.45. The van der Waals surface area contributed by atoms with Gasteiger partial charge in [0.1, 0.15) is 5.60 Å². The van der Waals surface area contributed by atoms with E-state index in [1.165, 1.54) is 6.20 Å². The average molecular weight is 402 g/mol. The molecule has 8 heteroatoms. The highest BCUT2D eigenvalue weighted by atomic mass is 16.6. The summed E-state index contributed by atoms with van der Waals surface area (Å²) in [6.07, 6.45) is 1.02. The molecule has 0 bridgehead atoms. The Morgan fingerprint density at radius 3 is 2.38 bits per heavy atom. The van der Waals surface area contributed by atoms with Gasteiger partial charge in [-0.2, -0.15) is 5.10 Å². The first-order chi connectivity index (χ1) is 13.5. The third-order valence-electron chi connectivity index (χ3n) is 4.23. The number of hydrogen-bond acceptors (Lipinski definition) is 5. The van der Waals surface area contributed by atoms with Crippen molar-refractivity contribution in [3.8, 4) is 5.82 Å². The highest BCUT2D eigenvalue weighted by Gasteiger charge is 2.22. The lowest BCUT2D eigenvalue weighted by Crippen LogP contribution is -2.48. The van der Waals surface area contributed by atoms with Crippen LogP contribution in [0.25, 0.3) is 5.82 Å². The zero-order valence-electron chi connectivity index (χ0n) is 18.2. The molecule has 2 aromatic rings. The van der Waals surface area contributed by atoms with Gasteiger partial charge in [0.2, 0.25) is 0 Å². The van der Waals surface area contributed by atoms with E-state index in [0.717, 1.165) is 11.4 Å². The van der Waals surface area contributed by atoms with Crippen molar-refractivity contribution in [2.75, 3.05) is 6.54 Å². The molecule has 0 radical (unpaired) electrons. The van der Waals surface area contributed by atoms with Crippen LogP contribution in [-0.4, -0.2) is 45.0 Å². The molecule has 0 saturated carbocycles. The van der Waals surface area contributed by atoms with Crippen molar-refractivity contribution < 1.29 is 14.3 Å². The molecular formula is C21H31N5O3. The molecule has 0 aliphatic heterocycles. The first-order valence-electron chi connectivity index (χ1n) is 9.73. The molecule has 2 rings (SSSR count). The number of nitrogens with one attached hydrogen (secondary N) is 2. The Kier molecular flexibility index (Phi) is 7.00. The van der Waals surface area contributed by atoms with Crippen molar-refractivity contribution in [1.82, 2.24) is 25.4 Å². The van der Waals surface area contributed by atoms with Gasteiger partial charge >= 0.3 is 6.09 Å². The van der Waals surface area contributed by atoms with Crippen LogP contribution in [0.15, 0.2) is 24.4 Å². The van der Waals surface area contributed by atoms with Gasteiger partial charge in [-0.3, -0.25) is 4.79 Å². The van der Waals surface area contributed by atoms with Crippen LogP contribution in [0.5, 0.6) is 0 Å². The van der Waals surface area contributed by atoms with Gasteiger partial charge in [-0.1, -0.05) is 13.8 Å². The maximum atomic E-state index is 12.5. The summed E-state index contributed by atoms with van der Waals surface area (Å²) < 4.78 is 7.03. The summed E-state index contributed by atoms with van der Waals surface area (Å²) in [7, 11) is 0. The topological polar surface area (TPSA) is 98.1 Å². The van der Waals surface area contributed by atoms with Gasteiger partial charge in [0.15, 0.2) is 5.82 Å². The van der Waals surface area contributed by atoms with Crippen molar-refractivity contribution in [1.29, 1.82) is 0 Å². The summed E-state index contributed by atoms with van der Waals surface area (Å²) in [6, 6.07) is 5.18. The number of amides is 2. The molecule has 2 amide bonds. The number of aromatic nitrogens is 3. The number of rotatable bonds is 6. The SMILES string of the molecule is Cc1cc(C)n(-c2ccc(C(=O)NCC(NC(=O)OC(C)(C)C)C(C)C)cn2)n1. The Balaban J connectivity index is 1.97. The molecular weight excluding hydrogens is 370 g/mol. The van der Waals surface area contributed by atoms with Crippen molar-refractivity contribution >= 4 is 12.0 Å². The Morgan fingerprint density at radius 2 is 1.90 bits per heavy atom. The van der Waals surface area contributed by atoms with E-state index >= 15 is 0 Å². The predicted octanol–water partition coefficient (Wildman–Crippen LogP) is 3.16. The second-order valence-corrected chi connectivity index (χ2v) is 8.45. The van der Waals surface area contributed by atoms with E-state index < -0.39 is 11.7 Å². The van der Waals surface area contributed by atoms with Gasteiger partial charge in [-0.15, -0.1) is 0 Å². The summed E-state index contributed by atoms with van der Waals surface area (Å²) in [5.74, 6) is 0.516. The molecule has 2 heterocycles. The fourth-order valence-corrected chi connectivity index (χ4v) is 2.72. The monoisotopic (exact) mass is 401 g/mol. The molecule has 29 heavy (non-hydrogen) atoms. The van der Waals surface area contributed by atoms with E-state index in [4.69, 9.17) is 4.74 Å². The first-order valence-corrected chi connectivity index (χ1v) is 9.73. The van der Waals surface area contributed by atoms with Crippen molar-refractivity contribution in [2.45, 2.75) is 60.1 Å². The fraction of sp³-hybridized carbons (Fsp3) is 0.524. The molecule has 8 nitrogen and oxygen atoms in total. The molecule has 0 saturated heterocycles. The number of carbonyl (C=O) groups excluding carboxylic acids is 2. The van der Waals surface area contributed by atoms with Gasteiger partial charge in [-0.25, -0.2) is 14.5 Å². The highest BCUT2D eigenvalue weighted by Crippen LogP contribution is 2.11. The Hall–Kier alpha value is -2.90. The number of aryl methyl sites for hydroxylation is 2. The largest absolute Gasteiger partial charge is 0.444 e. The molecule has 0 aliphatic carbocycles. The van der Waals surface area contributed by atoms with Gasteiger partial charge in [0, 0.05) is 18.4 Å². The minimum absolute atomic E-state index is 0.120. The molecule has 0 fully saturated rings. The van der Waals surface area contributed by atoms with E-state index in [0.29, 0.717) is 11.4 Å². The van der Waals surface area contributed by atoms with Crippen LogP contribution >= 0.6 is 0 Å². The lowest BCUT2D eigenvalue weighted by molar-refractivity contribution is 0.0487. The summed E-state index contributed by atoms with van der Waals surface area (Å²) in [6.45, 7) is 13.5. The molecule has 2 N–H and O–H groups in total. The Bertz CT molecular complexity index is 850. The van der Waals surface area contributed by atoms with Gasteiger partial charge in [0.25, 0.3) is 5.91 Å². The quantitative estimate of drug-likeness (QED) is 0.775. The highest BCUT2D eigenvalue weighted by molar-refractivity contribution is 5.94. The number of nitrogens with zero attached hydrogens (tertiary/aromatic N) is 3. The number of alkyl carbamates (subject to hydrolysis) is 1. The number of pyridine rings is 1. The Labute approximate surface area is 172 Å². The van der Waals surface area contributed by atoms with E-state index in [-0.39, 0.29) is 24.4 Å². The van der Waals surface area contributed by atoms with Crippen LogP contribution in [-0.2, 0) is 4.74 Å². The van der Waals surface area contributed by atoms with Crippen molar-refractivity contribution in [3.63, 3.8) is 0 Å². The van der Waals surface area contributed by atoms with Gasteiger partial charge < -0.3 is 15.4 Å². The maximum Gasteiger partial charge on any atom is 0.407 e. The van der Waals surface area contributed by atoms with Crippen LogP contribution in [0.4, 0.5) is 4.79 Å². The average Bonchev–Trinajstić information content (AvgIpc) is 2.95. The standard InChI is InChI=1S/C21H31N5O3/c1-13(2)17(24-20(28)29-21(5,6)7)12-23-19(27)16-8-9-18(22-11-16)26-15(4)10-14(3)25-26/h8-11,13,17H,12H2,1-7H3,(H,23,27)(H,24,28). The van der Waals surface area contributed by atoms with Crippen molar-refractivity contribution in [2.24, 2.45) is 5.92 Å². The predicted molar refractivity (Wildman–Crippen MR) is 111 cm³/mol. The first kappa shape index (κ1) is 22.4. The van der Waals surface area contributed by atoms with Crippen LogP contribution in [0.3, 0.4) is 0 Å². The smallest absolute Gasteiger partial charge is 0.407 e. The molecule has 0 aliphatic rings. The minimum atomic E-state index is -0.576. The van der Waals surface area contributed by atoms with E-state index in [9.17, 15) is 9.59 Å². The maximum absolute atomic E-state index is 12.5. The number of hydrogen-bond donors (Lipinski definition) is 2. The van der Waals surface area contributed by atoms with E-state index in [2.05, 4.69) is 20.7 Å².